The molecule has 0 amide bonds. The highest BCUT2D eigenvalue weighted by Crippen LogP contribution is 2.24. The number of halogens is 1. The van der Waals surface area contributed by atoms with E-state index in [1.165, 1.54) is 5.56 Å². The summed E-state index contributed by atoms with van der Waals surface area (Å²) in [6, 6.07) is 10.6. The standard InChI is InChI=1S/C17H19BrN4O/c18-15-12-20-22-9-8-19-17(16(15)22)21-14(7-4-10-23)11-13-5-2-1-3-6-13/h1-3,5-6,8-9,12,14,23H,4,7,10-11H2,(H,19,21). The van der Waals surface area contributed by atoms with Crippen molar-refractivity contribution in [2.45, 2.75) is 25.3 Å². The first-order chi connectivity index (χ1) is 11.3. The highest BCUT2D eigenvalue weighted by atomic mass is 79.9. The molecule has 0 radical (unpaired) electrons. The number of nitrogens with zero attached hydrogens (tertiary/aromatic N) is 3. The molecule has 120 valence electrons. The van der Waals surface area contributed by atoms with Gasteiger partial charge in [0.25, 0.3) is 0 Å². The molecular weight excluding hydrogens is 356 g/mol. The quantitative estimate of drug-likeness (QED) is 0.665. The maximum atomic E-state index is 9.17. The monoisotopic (exact) mass is 374 g/mol. The number of nitrogens with one attached hydrogen (secondary N) is 1. The van der Waals surface area contributed by atoms with Gasteiger partial charge in [0.2, 0.25) is 0 Å². The van der Waals surface area contributed by atoms with E-state index in [0.717, 1.165) is 35.1 Å². The van der Waals surface area contributed by atoms with Crippen LogP contribution >= 0.6 is 15.9 Å². The highest BCUT2D eigenvalue weighted by Gasteiger charge is 2.14. The molecule has 3 aromatic rings. The molecule has 5 nitrogen and oxygen atoms in total. The molecule has 0 spiro atoms. The van der Waals surface area contributed by atoms with Crippen LogP contribution in [0.2, 0.25) is 0 Å². The molecule has 0 aliphatic rings. The van der Waals surface area contributed by atoms with E-state index in [2.05, 4.69) is 43.5 Å². The Kier molecular flexibility index (Phi) is 5.25. The number of rotatable bonds is 7. The van der Waals surface area contributed by atoms with Crippen LogP contribution < -0.4 is 5.32 Å². The molecule has 0 aliphatic heterocycles. The number of hydrogen-bond acceptors (Lipinski definition) is 4. The van der Waals surface area contributed by atoms with E-state index in [1.54, 1.807) is 16.9 Å². The number of benzene rings is 1. The number of anilines is 1. The molecule has 2 N–H and O–H groups in total. The van der Waals surface area contributed by atoms with E-state index < -0.39 is 0 Å². The molecule has 0 saturated heterocycles. The first kappa shape index (κ1) is 16.0. The SMILES string of the molecule is OCCCC(Cc1ccccc1)Nc1nccn2ncc(Br)c12. The van der Waals surface area contributed by atoms with Crippen molar-refractivity contribution in [3.05, 3.63) is 59.0 Å². The molecule has 0 fully saturated rings. The molecule has 0 saturated carbocycles. The van der Waals surface area contributed by atoms with Crippen molar-refractivity contribution in [2.75, 3.05) is 11.9 Å². The molecule has 1 unspecified atom stereocenters. The van der Waals surface area contributed by atoms with Gasteiger partial charge in [-0.15, -0.1) is 0 Å². The number of aliphatic hydroxyl groups is 1. The largest absolute Gasteiger partial charge is 0.396 e. The summed E-state index contributed by atoms with van der Waals surface area (Å²) >= 11 is 3.52. The molecule has 1 atom stereocenters. The van der Waals surface area contributed by atoms with E-state index in [0.29, 0.717) is 0 Å². The van der Waals surface area contributed by atoms with Crippen molar-refractivity contribution in [3.8, 4) is 0 Å². The van der Waals surface area contributed by atoms with Crippen LogP contribution in [0.5, 0.6) is 0 Å². The number of fused-ring (bicyclic) bond motifs is 1. The van der Waals surface area contributed by atoms with E-state index in [1.807, 2.05) is 24.4 Å². The number of aromatic nitrogens is 3. The third kappa shape index (κ3) is 3.89. The van der Waals surface area contributed by atoms with Crippen LogP contribution in [0.15, 0.2) is 53.4 Å². The van der Waals surface area contributed by atoms with Crippen LogP contribution in [-0.4, -0.2) is 32.4 Å². The molecule has 6 heteroatoms. The summed E-state index contributed by atoms with van der Waals surface area (Å²) in [5, 5.41) is 17.0. The lowest BCUT2D eigenvalue weighted by molar-refractivity contribution is 0.281. The summed E-state index contributed by atoms with van der Waals surface area (Å²) < 4.78 is 2.71. The van der Waals surface area contributed by atoms with Crippen LogP contribution in [0, 0.1) is 0 Å². The summed E-state index contributed by atoms with van der Waals surface area (Å²) in [6.45, 7) is 0.195. The van der Waals surface area contributed by atoms with Gasteiger partial charge >= 0.3 is 0 Å². The molecule has 1 aromatic carbocycles. The number of aliphatic hydroxyl groups excluding tert-OH is 1. The average Bonchev–Trinajstić information content (AvgIpc) is 2.96. The molecular formula is C17H19BrN4O. The highest BCUT2D eigenvalue weighted by molar-refractivity contribution is 9.10. The van der Waals surface area contributed by atoms with Crippen molar-refractivity contribution in [1.29, 1.82) is 0 Å². The molecule has 0 aliphatic carbocycles. The minimum atomic E-state index is 0.195. The first-order valence-electron chi connectivity index (χ1n) is 7.67. The Labute approximate surface area is 143 Å². The minimum Gasteiger partial charge on any atom is -0.396 e. The number of hydrogen-bond donors (Lipinski definition) is 2. The van der Waals surface area contributed by atoms with Crippen LogP contribution in [0.3, 0.4) is 0 Å². The Bertz CT molecular complexity index is 760. The summed E-state index contributed by atoms with van der Waals surface area (Å²) in [4.78, 5) is 4.47. The second-order valence-corrected chi connectivity index (χ2v) is 6.31. The van der Waals surface area contributed by atoms with Gasteiger partial charge in [-0.05, 0) is 40.8 Å². The second kappa shape index (κ2) is 7.57. The maximum absolute atomic E-state index is 9.17. The molecule has 2 aromatic heterocycles. The van der Waals surface area contributed by atoms with Crippen LogP contribution in [0.4, 0.5) is 5.82 Å². The summed E-state index contributed by atoms with van der Waals surface area (Å²) in [6.07, 6.45) is 7.84. The predicted molar refractivity (Wildman–Crippen MR) is 94.6 cm³/mol. The van der Waals surface area contributed by atoms with Gasteiger partial charge in [0.15, 0.2) is 5.82 Å². The van der Waals surface area contributed by atoms with E-state index in [4.69, 9.17) is 5.11 Å². The fourth-order valence-corrected chi connectivity index (χ4v) is 3.13. The van der Waals surface area contributed by atoms with E-state index in [9.17, 15) is 0 Å². The Balaban J connectivity index is 1.83. The van der Waals surface area contributed by atoms with E-state index in [-0.39, 0.29) is 12.6 Å². The Hall–Kier alpha value is -1.92. The van der Waals surface area contributed by atoms with Gasteiger partial charge in [0, 0.05) is 25.0 Å². The lowest BCUT2D eigenvalue weighted by Crippen LogP contribution is -2.23. The average molecular weight is 375 g/mol. The molecule has 23 heavy (non-hydrogen) atoms. The molecule has 3 rings (SSSR count). The summed E-state index contributed by atoms with van der Waals surface area (Å²) in [7, 11) is 0. The summed E-state index contributed by atoms with van der Waals surface area (Å²) in [5.41, 5.74) is 2.19. The van der Waals surface area contributed by atoms with Gasteiger partial charge in [-0.3, -0.25) is 0 Å². The van der Waals surface area contributed by atoms with Crippen molar-refractivity contribution in [1.82, 2.24) is 14.6 Å². The van der Waals surface area contributed by atoms with Crippen molar-refractivity contribution < 1.29 is 5.11 Å². The predicted octanol–water partition coefficient (Wildman–Crippen LogP) is 3.29. The zero-order valence-electron chi connectivity index (χ0n) is 12.7. The first-order valence-corrected chi connectivity index (χ1v) is 8.46. The van der Waals surface area contributed by atoms with Crippen LogP contribution in [0.25, 0.3) is 5.52 Å². The van der Waals surface area contributed by atoms with Crippen molar-refractivity contribution in [3.63, 3.8) is 0 Å². The Morgan fingerprint density at radius 3 is 2.87 bits per heavy atom. The van der Waals surface area contributed by atoms with Crippen LogP contribution in [-0.2, 0) is 6.42 Å². The Morgan fingerprint density at radius 2 is 2.09 bits per heavy atom. The minimum absolute atomic E-state index is 0.195. The van der Waals surface area contributed by atoms with Gasteiger partial charge in [-0.25, -0.2) is 9.50 Å². The molecule has 2 heterocycles. The molecule has 0 bridgehead atoms. The fraction of sp³-hybridized carbons (Fsp3) is 0.294. The zero-order valence-corrected chi connectivity index (χ0v) is 14.3. The lowest BCUT2D eigenvalue weighted by Gasteiger charge is -2.20. The smallest absolute Gasteiger partial charge is 0.153 e. The lowest BCUT2D eigenvalue weighted by atomic mass is 10.0. The summed E-state index contributed by atoms with van der Waals surface area (Å²) in [5.74, 6) is 0.802. The van der Waals surface area contributed by atoms with Gasteiger partial charge < -0.3 is 10.4 Å². The second-order valence-electron chi connectivity index (χ2n) is 5.46. The zero-order chi connectivity index (χ0) is 16.1. The van der Waals surface area contributed by atoms with Gasteiger partial charge in [-0.1, -0.05) is 30.3 Å². The maximum Gasteiger partial charge on any atom is 0.153 e. The third-order valence-electron chi connectivity index (χ3n) is 3.76. The van der Waals surface area contributed by atoms with Crippen molar-refractivity contribution >= 4 is 27.3 Å². The van der Waals surface area contributed by atoms with E-state index >= 15 is 0 Å². The van der Waals surface area contributed by atoms with Crippen molar-refractivity contribution in [2.24, 2.45) is 0 Å². The van der Waals surface area contributed by atoms with Gasteiger partial charge in [0.05, 0.1) is 10.7 Å². The topological polar surface area (TPSA) is 62.5 Å². The van der Waals surface area contributed by atoms with Gasteiger partial charge in [0.1, 0.15) is 5.52 Å². The Morgan fingerprint density at radius 1 is 1.26 bits per heavy atom. The normalized spacial score (nSPS) is 12.4. The van der Waals surface area contributed by atoms with Gasteiger partial charge in [-0.2, -0.15) is 5.10 Å². The fourth-order valence-electron chi connectivity index (χ4n) is 2.67. The third-order valence-corrected chi connectivity index (χ3v) is 4.34. The van der Waals surface area contributed by atoms with Crippen LogP contribution in [0.1, 0.15) is 18.4 Å².